The fourth-order valence-electron chi connectivity index (χ4n) is 3.50. The van der Waals surface area contributed by atoms with Crippen LogP contribution >= 0.6 is 0 Å². The fourth-order valence-corrected chi connectivity index (χ4v) is 3.50. The highest BCUT2D eigenvalue weighted by molar-refractivity contribution is 5.88. The molecule has 27 heavy (non-hydrogen) atoms. The van der Waals surface area contributed by atoms with E-state index in [1.165, 1.54) is 0 Å². The Morgan fingerprint density at radius 1 is 1.04 bits per heavy atom. The van der Waals surface area contributed by atoms with Gasteiger partial charge in [0.25, 0.3) is 0 Å². The maximum Gasteiger partial charge on any atom is 0.407 e. The van der Waals surface area contributed by atoms with Crippen molar-refractivity contribution in [2.24, 2.45) is 0 Å². The first-order chi connectivity index (χ1) is 12.8. The minimum atomic E-state index is -0.508. The number of ether oxygens (including phenoxy) is 2. The SMILES string of the molecule is COc1ccc(C2(C(=O)NCCCNC(=O)OC(C)(C)C)CCCC2)cc1. The van der Waals surface area contributed by atoms with Crippen LogP contribution in [0.1, 0.15) is 58.4 Å². The molecule has 0 saturated heterocycles. The molecule has 1 saturated carbocycles. The van der Waals surface area contributed by atoms with E-state index < -0.39 is 17.1 Å². The van der Waals surface area contributed by atoms with Gasteiger partial charge in [0.05, 0.1) is 12.5 Å². The summed E-state index contributed by atoms with van der Waals surface area (Å²) in [6.45, 7) is 6.46. The van der Waals surface area contributed by atoms with Gasteiger partial charge in [0, 0.05) is 13.1 Å². The van der Waals surface area contributed by atoms with Crippen molar-refractivity contribution in [2.45, 2.75) is 63.9 Å². The van der Waals surface area contributed by atoms with Gasteiger partial charge in [-0.3, -0.25) is 4.79 Å². The molecular weight excluding hydrogens is 344 g/mol. The summed E-state index contributed by atoms with van der Waals surface area (Å²) in [5, 5.41) is 5.76. The van der Waals surface area contributed by atoms with Gasteiger partial charge in [-0.2, -0.15) is 0 Å². The van der Waals surface area contributed by atoms with E-state index in [-0.39, 0.29) is 5.91 Å². The lowest BCUT2D eigenvalue weighted by Crippen LogP contribution is -2.43. The second-order valence-electron chi connectivity index (χ2n) is 8.06. The van der Waals surface area contributed by atoms with E-state index in [2.05, 4.69) is 10.6 Å². The molecule has 1 aliphatic carbocycles. The number of rotatable bonds is 7. The molecule has 150 valence electrons. The maximum absolute atomic E-state index is 13.0. The van der Waals surface area contributed by atoms with Crippen LogP contribution in [-0.2, 0) is 14.9 Å². The average Bonchev–Trinajstić information content (AvgIpc) is 3.11. The second-order valence-corrected chi connectivity index (χ2v) is 8.06. The molecule has 1 aromatic rings. The smallest absolute Gasteiger partial charge is 0.407 e. The summed E-state index contributed by atoms with van der Waals surface area (Å²) in [5.74, 6) is 0.864. The van der Waals surface area contributed by atoms with Gasteiger partial charge in [0.1, 0.15) is 11.4 Å². The molecule has 0 bridgehead atoms. The summed E-state index contributed by atoms with van der Waals surface area (Å²) in [6, 6.07) is 7.81. The zero-order valence-corrected chi connectivity index (χ0v) is 16.9. The summed E-state index contributed by atoms with van der Waals surface area (Å²) < 4.78 is 10.4. The van der Waals surface area contributed by atoms with E-state index in [9.17, 15) is 9.59 Å². The Morgan fingerprint density at radius 2 is 1.63 bits per heavy atom. The zero-order chi connectivity index (χ0) is 19.9. The van der Waals surface area contributed by atoms with Gasteiger partial charge < -0.3 is 20.1 Å². The lowest BCUT2D eigenvalue weighted by molar-refractivity contribution is -0.126. The minimum Gasteiger partial charge on any atom is -0.497 e. The predicted molar refractivity (Wildman–Crippen MR) is 105 cm³/mol. The van der Waals surface area contributed by atoms with Crippen LogP contribution < -0.4 is 15.4 Å². The molecule has 1 fully saturated rings. The number of amides is 2. The Morgan fingerprint density at radius 3 is 2.19 bits per heavy atom. The number of hydrogen-bond donors (Lipinski definition) is 2. The predicted octanol–water partition coefficient (Wildman–Crippen LogP) is 3.54. The topological polar surface area (TPSA) is 76.7 Å². The molecule has 0 atom stereocenters. The largest absolute Gasteiger partial charge is 0.497 e. The number of nitrogens with one attached hydrogen (secondary N) is 2. The number of carbonyl (C=O) groups excluding carboxylic acids is 2. The summed E-state index contributed by atoms with van der Waals surface area (Å²) >= 11 is 0. The third kappa shape index (κ3) is 5.88. The summed E-state index contributed by atoms with van der Waals surface area (Å²) in [5.41, 5.74) is 0.0845. The molecule has 6 heteroatoms. The van der Waals surface area contributed by atoms with Gasteiger partial charge in [0.2, 0.25) is 5.91 Å². The molecule has 1 aromatic carbocycles. The highest BCUT2D eigenvalue weighted by atomic mass is 16.6. The number of alkyl carbamates (subject to hydrolysis) is 1. The van der Waals surface area contributed by atoms with Crippen molar-refractivity contribution >= 4 is 12.0 Å². The quantitative estimate of drug-likeness (QED) is 0.714. The minimum absolute atomic E-state index is 0.0717. The Bertz CT molecular complexity index is 629. The normalized spacial score (nSPS) is 15.9. The average molecular weight is 376 g/mol. The van der Waals surface area contributed by atoms with Crippen molar-refractivity contribution in [3.05, 3.63) is 29.8 Å². The standard InChI is InChI=1S/C21H32N2O4/c1-20(2,3)27-19(25)23-15-7-14-22-18(24)21(12-5-6-13-21)16-8-10-17(26-4)11-9-16/h8-11H,5-7,12-15H2,1-4H3,(H,22,24)(H,23,25). The first-order valence-corrected chi connectivity index (χ1v) is 9.66. The number of benzene rings is 1. The van der Waals surface area contributed by atoms with Gasteiger partial charge >= 0.3 is 6.09 Å². The van der Waals surface area contributed by atoms with E-state index in [0.29, 0.717) is 19.5 Å². The van der Waals surface area contributed by atoms with Crippen LogP contribution in [0.4, 0.5) is 4.79 Å². The molecule has 0 aromatic heterocycles. The van der Waals surface area contributed by atoms with Crippen LogP contribution in [0, 0.1) is 0 Å². The van der Waals surface area contributed by atoms with E-state index in [1.807, 2.05) is 45.0 Å². The molecule has 0 spiro atoms. The molecule has 0 aliphatic heterocycles. The summed E-state index contributed by atoms with van der Waals surface area (Å²) in [4.78, 5) is 24.6. The first kappa shape index (κ1) is 21.1. The molecule has 2 amide bonds. The molecule has 2 rings (SSSR count). The highest BCUT2D eigenvalue weighted by Crippen LogP contribution is 2.41. The van der Waals surface area contributed by atoms with Crippen LogP contribution in [0.15, 0.2) is 24.3 Å². The Labute approximate surface area is 162 Å². The molecule has 2 N–H and O–H groups in total. The summed E-state index contributed by atoms with van der Waals surface area (Å²) in [7, 11) is 1.64. The lowest BCUT2D eigenvalue weighted by atomic mass is 9.78. The zero-order valence-electron chi connectivity index (χ0n) is 16.9. The maximum atomic E-state index is 13.0. The Balaban J connectivity index is 1.84. The monoisotopic (exact) mass is 376 g/mol. The van der Waals surface area contributed by atoms with Crippen molar-refractivity contribution in [1.29, 1.82) is 0 Å². The van der Waals surface area contributed by atoms with Crippen LogP contribution in [0.5, 0.6) is 5.75 Å². The van der Waals surface area contributed by atoms with Gasteiger partial charge in [0.15, 0.2) is 0 Å². The van der Waals surface area contributed by atoms with Crippen molar-refractivity contribution in [2.75, 3.05) is 20.2 Å². The van der Waals surface area contributed by atoms with E-state index >= 15 is 0 Å². The van der Waals surface area contributed by atoms with Crippen molar-refractivity contribution in [3.63, 3.8) is 0 Å². The van der Waals surface area contributed by atoms with Crippen LogP contribution in [0.25, 0.3) is 0 Å². The molecule has 0 radical (unpaired) electrons. The fraction of sp³-hybridized carbons (Fsp3) is 0.619. The van der Waals surface area contributed by atoms with Gasteiger partial charge in [-0.25, -0.2) is 4.79 Å². The molecule has 0 unspecified atom stereocenters. The molecule has 0 heterocycles. The van der Waals surface area contributed by atoms with Crippen molar-refractivity contribution in [3.8, 4) is 5.75 Å². The third-order valence-electron chi connectivity index (χ3n) is 4.84. The van der Waals surface area contributed by atoms with Crippen molar-refractivity contribution < 1.29 is 19.1 Å². The van der Waals surface area contributed by atoms with E-state index in [1.54, 1.807) is 7.11 Å². The number of carbonyl (C=O) groups is 2. The van der Waals surface area contributed by atoms with E-state index in [4.69, 9.17) is 9.47 Å². The van der Waals surface area contributed by atoms with E-state index in [0.717, 1.165) is 37.0 Å². The van der Waals surface area contributed by atoms with Crippen LogP contribution in [-0.4, -0.2) is 37.8 Å². The van der Waals surface area contributed by atoms with Gasteiger partial charge in [-0.1, -0.05) is 25.0 Å². The summed E-state index contributed by atoms with van der Waals surface area (Å²) in [6.07, 6.45) is 4.06. The van der Waals surface area contributed by atoms with Crippen LogP contribution in [0.2, 0.25) is 0 Å². The number of hydrogen-bond acceptors (Lipinski definition) is 4. The third-order valence-corrected chi connectivity index (χ3v) is 4.84. The number of methoxy groups -OCH3 is 1. The highest BCUT2D eigenvalue weighted by Gasteiger charge is 2.42. The Kier molecular flexibility index (Phi) is 7.11. The Hall–Kier alpha value is -2.24. The van der Waals surface area contributed by atoms with Gasteiger partial charge in [-0.15, -0.1) is 0 Å². The van der Waals surface area contributed by atoms with Crippen LogP contribution in [0.3, 0.4) is 0 Å². The van der Waals surface area contributed by atoms with Crippen molar-refractivity contribution in [1.82, 2.24) is 10.6 Å². The first-order valence-electron chi connectivity index (χ1n) is 9.66. The lowest BCUT2D eigenvalue weighted by Gasteiger charge is -2.28. The second kappa shape index (κ2) is 9.11. The van der Waals surface area contributed by atoms with Gasteiger partial charge in [-0.05, 0) is 57.7 Å². The molecule has 6 nitrogen and oxygen atoms in total. The molecule has 1 aliphatic rings. The molecular formula is C21H32N2O4.